The lowest BCUT2D eigenvalue weighted by molar-refractivity contribution is -0.136. The summed E-state index contributed by atoms with van der Waals surface area (Å²) in [6, 6.07) is 4.13. The minimum Gasteiger partial charge on any atom is -0.385 e. The number of rotatable bonds is 10. The van der Waals surface area contributed by atoms with E-state index in [1.807, 2.05) is 0 Å². The topological polar surface area (TPSA) is 122 Å². The van der Waals surface area contributed by atoms with Crippen LogP contribution in [0.3, 0.4) is 0 Å². The van der Waals surface area contributed by atoms with Gasteiger partial charge in [-0.3, -0.25) is 29.4 Å². The Hall–Kier alpha value is -2.74. The Morgan fingerprint density at radius 1 is 0.966 bits per heavy atom. The van der Waals surface area contributed by atoms with Crippen LogP contribution in [0.2, 0.25) is 0 Å². The van der Waals surface area contributed by atoms with E-state index in [4.69, 9.17) is 5.73 Å². The molecule has 1 aromatic rings. The summed E-state index contributed by atoms with van der Waals surface area (Å²) in [6.45, 7) is 1.54. The van der Waals surface area contributed by atoms with E-state index in [0.717, 1.165) is 42.9 Å². The Kier molecular flexibility index (Phi) is 6.98. The Labute approximate surface area is 170 Å². The minimum absolute atomic E-state index is 0.114. The number of anilines is 1. The normalized spacial score (nSPS) is 18.8. The van der Waals surface area contributed by atoms with Crippen molar-refractivity contribution in [1.82, 2.24) is 10.2 Å². The number of nitrogens with one attached hydrogen (secondary N) is 2. The number of fused-ring (bicyclic) bond motifs is 1. The van der Waals surface area contributed by atoms with E-state index in [2.05, 4.69) is 10.6 Å². The molecule has 0 saturated carbocycles. The van der Waals surface area contributed by atoms with E-state index in [1.54, 1.807) is 18.2 Å². The second-order valence-electron chi connectivity index (χ2n) is 7.54. The Morgan fingerprint density at radius 3 is 2.38 bits per heavy atom. The van der Waals surface area contributed by atoms with Crippen LogP contribution in [0.1, 0.15) is 72.1 Å². The van der Waals surface area contributed by atoms with Gasteiger partial charge in [-0.25, -0.2) is 0 Å². The fourth-order valence-electron chi connectivity index (χ4n) is 3.79. The van der Waals surface area contributed by atoms with Crippen molar-refractivity contribution >= 4 is 29.3 Å². The lowest BCUT2D eigenvalue weighted by Crippen LogP contribution is -2.54. The Bertz CT molecular complexity index is 808. The van der Waals surface area contributed by atoms with Gasteiger partial charge in [0, 0.05) is 18.7 Å². The van der Waals surface area contributed by atoms with Gasteiger partial charge in [-0.1, -0.05) is 25.7 Å². The molecule has 1 aromatic carbocycles. The molecule has 0 radical (unpaired) electrons. The van der Waals surface area contributed by atoms with Crippen LogP contribution in [0.25, 0.3) is 0 Å². The lowest BCUT2D eigenvalue weighted by Gasteiger charge is -2.27. The number of benzene rings is 1. The van der Waals surface area contributed by atoms with Crippen LogP contribution in [0.5, 0.6) is 0 Å². The minimum atomic E-state index is -0.934. The number of amides is 4. The Morgan fingerprint density at radius 2 is 1.66 bits per heavy atom. The van der Waals surface area contributed by atoms with Gasteiger partial charge in [-0.05, 0) is 44.0 Å². The van der Waals surface area contributed by atoms with Gasteiger partial charge in [0.15, 0.2) is 0 Å². The number of nitrogens with zero attached hydrogens (tertiary/aromatic N) is 1. The SMILES string of the molecule is NCCCCCCCCNc1ccc2c(c1)C(=O)N(C1CCC(=O)NC1=O)C2=O. The molecule has 1 saturated heterocycles. The highest BCUT2D eigenvalue weighted by atomic mass is 16.2. The van der Waals surface area contributed by atoms with Crippen LogP contribution in [-0.2, 0) is 9.59 Å². The molecule has 156 valence electrons. The molecular formula is C21H28N4O4. The highest BCUT2D eigenvalue weighted by Crippen LogP contribution is 2.29. The molecule has 0 aliphatic carbocycles. The number of piperidine rings is 1. The van der Waals surface area contributed by atoms with E-state index in [0.29, 0.717) is 11.1 Å². The van der Waals surface area contributed by atoms with Gasteiger partial charge in [0.25, 0.3) is 11.8 Å². The molecule has 4 N–H and O–H groups in total. The summed E-state index contributed by atoms with van der Waals surface area (Å²) in [5.74, 6) is -1.94. The van der Waals surface area contributed by atoms with Crippen LogP contribution in [-0.4, -0.2) is 47.7 Å². The molecule has 4 amide bonds. The van der Waals surface area contributed by atoms with Gasteiger partial charge in [0.05, 0.1) is 11.1 Å². The van der Waals surface area contributed by atoms with Crippen molar-refractivity contribution in [3.05, 3.63) is 29.3 Å². The number of imide groups is 2. The number of nitrogens with two attached hydrogens (primary N) is 1. The molecule has 8 nitrogen and oxygen atoms in total. The fraction of sp³-hybridized carbons (Fsp3) is 0.524. The van der Waals surface area contributed by atoms with Gasteiger partial charge in [0.1, 0.15) is 6.04 Å². The van der Waals surface area contributed by atoms with E-state index in [1.165, 1.54) is 19.3 Å². The van der Waals surface area contributed by atoms with Gasteiger partial charge in [0.2, 0.25) is 11.8 Å². The maximum atomic E-state index is 12.8. The number of hydrogen-bond acceptors (Lipinski definition) is 6. The second kappa shape index (κ2) is 9.65. The standard InChI is InChI=1S/C21H28N4O4/c22-11-5-3-1-2-4-6-12-23-14-7-8-15-16(13-14)21(29)25(20(15)28)17-9-10-18(26)24-19(17)27/h7-8,13,17,23H,1-6,9-12,22H2,(H,24,26,27). The molecule has 0 spiro atoms. The molecule has 2 aliphatic heterocycles. The van der Waals surface area contributed by atoms with Gasteiger partial charge < -0.3 is 11.1 Å². The third kappa shape index (κ3) is 4.82. The molecule has 1 fully saturated rings. The van der Waals surface area contributed by atoms with E-state index in [-0.39, 0.29) is 18.7 Å². The zero-order valence-electron chi connectivity index (χ0n) is 16.5. The highest BCUT2D eigenvalue weighted by Gasteiger charge is 2.44. The molecule has 0 bridgehead atoms. The molecule has 2 aliphatic rings. The predicted molar refractivity (Wildman–Crippen MR) is 108 cm³/mol. The van der Waals surface area contributed by atoms with Crippen LogP contribution >= 0.6 is 0 Å². The van der Waals surface area contributed by atoms with E-state index in [9.17, 15) is 19.2 Å². The molecule has 0 aromatic heterocycles. The summed E-state index contributed by atoms with van der Waals surface area (Å²) >= 11 is 0. The first kappa shape index (κ1) is 21.0. The summed E-state index contributed by atoms with van der Waals surface area (Å²) < 4.78 is 0. The van der Waals surface area contributed by atoms with Crippen LogP contribution in [0.15, 0.2) is 18.2 Å². The van der Waals surface area contributed by atoms with Crippen molar-refractivity contribution in [2.45, 2.75) is 57.4 Å². The van der Waals surface area contributed by atoms with Gasteiger partial charge in [-0.2, -0.15) is 0 Å². The summed E-state index contributed by atoms with van der Waals surface area (Å²) in [5.41, 5.74) is 6.85. The number of carbonyl (C=O) groups is 4. The summed E-state index contributed by atoms with van der Waals surface area (Å²) in [5, 5.41) is 5.49. The highest BCUT2D eigenvalue weighted by molar-refractivity contribution is 6.23. The average molecular weight is 400 g/mol. The maximum absolute atomic E-state index is 12.8. The summed E-state index contributed by atoms with van der Waals surface area (Å²) in [6.07, 6.45) is 7.06. The zero-order valence-corrected chi connectivity index (χ0v) is 16.5. The van der Waals surface area contributed by atoms with E-state index >= 15 is 0 Å². The van der Waals surface area contributed by atoms with E-state index < -0.39 is 23.8 Å². The molecule has 2 heterocycles. The number of hydrogen-bond donors (Lipinski definition) is 3. The Balaban J connectivity index is 1.55. The second-order valence-corrected chi connectivity index (χ2v) is 7.54. The molecule has 8 heteroatoms. The fourth-order valence-corrected chi connectivity index (χ4v) is 3.79. The van der Waals surface area contributed by atoms with Crippen LogP contribution in [0.4, 0.5) is 5.69 Å². The monoisotopic (exact) mass is 400 g/mol. The molecule has 29 heavy (non-hydrogen) atoms. The van der Waals surface area contributed by atoms with Crippen molar-refractivity contribution in [3.63, 3.8) is 0 Å². The quantitative estimate of drug-likeness (QED) is 0.407. The van der Waals surface area contributed by atoms with Crippen molar-refractivity contribution in [1.29, 1.82) is 0 Å². The number of carbonyl (C=O) groups excluding carboxylic acids is 4. The maximum Gasteiger partial charge on any atom is 0.262 e. The third-order valence-corrected chi connectivity index (χ3v) is 5.40. The largest absolute Gasteiger partial charge is 0.385 e. The predicted octanol–water partition coefficient (Wildman–Crippen LogP) is 1.80. The van der Waals surface area contributed by atoms with Crippen molar-refractivity contribution < 1.29 is 19.2 Å². The number of unbranched alkanes of at least 4 members (excludes halogenated alkanes) is 5. The first-order valence-corrected chi connectivity index (χ1v) is 10.3. The average Bonchev–Trinajstić information content (AvgIpc) is 2.94. The van der Waals surface area contributed by atoms with Crippen molar-refractivity contribution in [2.75, 3.05) is 18.4 Å². The summed E-state index contributed by atoms with van der Waals surface area (Å²) in [4.78, 5) is 49.9. The third-order valence-electron chi connectivity index (χ3n) is 5.40. The van der Waals surface area contributed by atoms with Crippen molar-refractivity contribution in [2.24, 2.45) is 5.73 Å². The lowest BCUT2D eigenvalue weighted by atomic mass is 10.0. The zero-order chi connectivity index (χ0) is 20.8. The first-order chi connectivity index (χ1) is 14.0. The smallest absolute Gasteiger partial charge is 0.262 e. The molecular weight excluding hydrogens is 372 g/mol. The summed E-state index contributed by atoms with van der Waals surface area (Å²) in [7, 11) is 0. The molecule has 1 atom stereocenters. The molecule has 1 unspecified atom stereocenters. The first-order valence-electron chi connectivity index (χ1n) is 10.3. The molecule has 3 rings (SSSR count). The van der Waals surface area contributed by atoms with Crippen LogP contribution < -0.4 is 16.4 Å². The van der Waals surface area contributed by atoms with Gasteiger partial charge in [-0.15, -0.1) is 0 Å². The van der Waals surface area contributed by atoms with Gasteiger partial charge >= 0.3 is 0 Å². The van der Waals surface area contributed by atoms with Crippen LogP contribution in [0, 0.1) is 0 Å². The van der Waals surface area contributed by atoms with Crippen molar-refractivity contribution in [3.8, 4) is 0 Å².